The molecule has 1 heterocycles. The minimum Gasteiger partial charge on any atom is -0.359 e. The van der Waals surface area contributed by atoms with Gasteiger partial charge in [-0.1, -0.05) is 12.1 Å². The molecule has 23 heavy (non-hydrogen) atoms. The van der Waals surface area contributed by atoms with E-state index in [-0.39, 0.29) is 11.9 Å². The average Bonchev–Trinajstić information content (AvgIpc) is 3.39. The number of aromatic nitrogens is 1. The lowest BCUT2D eigenvalue weighted by Gasteiger charge is -2.13. The minimum atomic E-state index is -0.135. The highest BCUT2D eigenvalue weighted by Gasteiger charge is 2.23. The van der Waals surface area contributed by atoms with E-state index in [4.69, 9.17) is 0 Å². The third-order valence-corrected chi connectivity index (χ3v) is 4.20. The number of carbonyl (C=O) groups excluding carboxylic acids is 2. The molecule has 0 radical (unpaired) electrons. The number of carbonyl (C=O) groups is 2. The van der Waals surface area contributed by atoms with Gasteiger partial charge in [-0.05, 0) is 49.8 Å². The minimum absolute atomic E-state index is 0.0112. The van der Waals surface area contributed by atoms with Gasteiger partial charge < -0.3 is 10.6 Å². The van der Waals surface area contributed by atoms with Gasteiger partial charge in [0.25, 0.3) is 5.91 Å². The van der Waals surface area contributed by atoms with Gasteiger partial charge >= 0.3 is 0 Å². The van der Waals surface area contributed by atoms with Gasteiger partial charge in [0.2, 0.25) is 6.41 Å². The normalized spacial score (nSPS) is 15.2. The van der Waals surface area contributed by atoms with Crippen molar-refractivity contribution in [3.63, 3.8) is 0 Å². The molecule has 1 fully saturated rings. The Bertz CT molecular complexity index is 725. The van der Waals surface area contributed by atoms with Crippen LogP contribution in [0, 0.1) is 0 Å². The van der Waals surface area contributed by atoms with Gasteiger partial charge in [-0.15, -0.1) is 0 Å². The number of fused-ring (bicyclic) bond motifs is 1. The largest absolute Gasteiger partial charge is 0.359 e. The summed E-state index contributed by atoms with van der Waals surface area (Å²) in [6.45, 7) is 2.46. The monoisotopic (exact) mass is 311 g/mol. The SMILES string of the molecule is CC(CCNC=O)NC(=O)c1cnc2cc(C3CC3)ccc2c1. The van der Waals surface area contributed by atoms with Crippen LogP contribution >= 0.6 is 0 Å². The summed E-state index contributed by atoms with van der Waals surface area (Å²) in [5.74, 6) is 0.564. The first-order chi connectivity index (χ1) is 11.2. The van der Waals surface area contributed by atoms with Crippen LogP contribution < -0.4 is 10.6 Å². The Balaban J connectivity index is 1.68. The van der Waals surface area contributed by atoms with Crippen molar-refractivity contribution in [1.82, 2.24) is 15.6 Å². The van der Waals surface area contributed by atoms with Gasteiger partial charge in [0.1, 0.15) is 0 Å². The van der Waals surface area contributed by atoms with E-state index in [1.807, 2.05) is 19.1 Å². The second-order valence-electron chi connectivity index (χ2n) is 6.19. The molecule has 0 spiro atoms. The van der Waals surface area contributed by atoms with E-state index in [1.165, 1.54) is 18.4 Å². The summed E-state index contributed by atoms with van der Waals surface area (Å²) < 4.78 is 0. The second kappa shape index (κ2) is 6.77. The molecule has 5 nitrogen and oxygen atoms in total. The predicted molar refractivity (Wildman–Crippen MR) is 89.3 cm³/mol. The molecule has 120 valence electrons. The summed E-state index contributed by atoms with van der Waals surface area (Å²) in [7, 11) is 0. The number of nitrogens with one attached hydrogen (secondary N) is 2. The molecule has 0 bridgehead atoms. The molecule has 1 saturated carbocycles. The van der Waals surface area contributed by atoms with Crippen LogP contribution in [0.2, 0.25) is 0 Å². The van der Waals surface area contributed by atoms with Crippen molar-refractivity contribution in [3.8, 4) is 0 Å². The highest BCUT2D eigenvalue weighted by molar-refractivity contribution is 5.97. The summed E-state index contributed by atoms with van der Waals surface area (Å²) in [5, 5.41) is 6.50. The third kappa shape index (κ3) is 3.86. The van der Waals surface area contributed by atoms with E-state index in [1.54, 1.807) is 6.20 Å². The van der Waals surface area contributed by atoms with Crippen molar-refractivity contribution in [3.05, 3.63) is 41.6 Å². The first-order valence-corrected chi connectivity index (χ1v) is 8.05. The smallest absolute Gasteiger partial charge is 0.253 e. The number of hydrogen-bond acceptors (Lipinski definition) is 3. The van der Waals surface area contributed by atoms with Crippen LogP contribution in [-0.4, -0.2) is 29.9 Å². The van der Waals surface area contributed by atoms with Gasteiger partial charge in [0.15, 0.2) is 0 Å². The molecule has 0 aliphatic heterocycles. The second-order valence-corrected chi connectivity index (χ2v) is 6.19. The molecular weight excluding hydrogens is 290 g/mol. The Hall–Kier alpha value is -2.43. The standard InChI is InChI=1S/C18H21N3O2/c1-12(6-7-19-11-22)21-18(23)16-8-15-5-4-14(13-2-3-13)9-17(15)20-10-16/h4-5,8-13H,2-3,6-7H2,1H3,(H,19,22)(H,21,23). The molecule has 2 N–H and O–H groups in total. The predicted octanol–water partition coefficient (Wildman–Crippen LogP) is 2.37. The van der Waals surface area contributed by atoms with Crippen molar-refractivity contribution in [2.24, 2.45) is 0 Å². The molecule has 1 aromatic carbocycles. The van der Waals surface area contributed by atoms with Crippen molar-refractivity contribution < 1.29 is 9.59 Å². The van der Waals surface area contributed by atoms with Crippen LogP contribution in [0.15, 0.2) is 30.5 Å². The van der Waals surface area contributed by atoms with Crippen LogP contribution in [0.3, 0.4) is 0 Å². The molecule has 1 aliphatic rings. The highest BCUT2D eigenvalue weighted by Crippen LogP contribution is 2.40. The van der Waals surface area contributed by atoms with Crippen molar-refractivity contribution >= 4 is 23.2 Å². The molecule has 0 saturated heterocycles. The maximum atomic E-state index is 12.3. The summed E-state index contributed by atoms with van der Waals surface area (Å²) in [5.41, 5.74) is 2.85. The molecular formula is C18H21N3O2. The van der Waals surface area contributed by atoms with Crippen LogP contribution in [0.1, 0.15) is 48.0 Å². The lowest BCUT2D eigenvalue weighted by Crippen LogP contribution is -2.34. The number of nitrogens with zero attached hydrogens (tertiary/aromatic N) is 1. The zero-order valence-corrected chi connectivity index (χ0v) is 13.2. The first-order valence-electron chi connectivity index (χ1n) is 8.05. The van der Waals surface area contributed by atoms with Gasteiger partial charge in [0.05, 0.1) is 11.1 Å². The Morgan fingerprint density at radius 2 is 2.22 bits per heavy atom. The van der Waals surface area contributed by atoms with Crippen molar-refractivity contribution in [1.29, 1.82) is 0 Å². The summed E-state index contributed by atoms with van der Waals surface area (Å²) >= 11 is 0. The average molecular weight is 311 g/mol. The maximum Gasteiger partial charge on any atom is 0.253 e. The quantitative estimate of drug-likeness (QED) is 0.609. The fraction of sp³-hybridized carbons (Fsp3) is 0.389. The van der Waals surface area contributed by atoms with Crippen LogP contribution in [0.25, 0.3) is 10.9 Å². The maximum absolute atomic E-state index is 12.3. The molecule has 2 amide bonds. The van der Waals surface area contributed by atoms with Gasteiger partial charge in [-0.2, -0.15) is 0 Å². The van der Waals surface area contributed by atoms with Crippen LogP contribution in [-0.2, 0) is 4.79 Å². The third-order valence-electron chi connectivity index (χ3n) is 4.20. The van der Waals surface area contributed by atoms with Gasteiger partial charge in [-0.3, -0.25) is 14.6 Å². The molecule has 1 unspecified atom stereocenters. The van der Waals surface area contributed by atoms with Crippen LogP contribution in [0.4, 0.5) is 0 Å². The topological polar surface area (TPSA) is 71.1 Å². The molecule has 3 rings (SSSR count). The first kappa shape index (κ1) is 15.5. The number of benzene rings is 1. The molecule has 5 heteroatoms. The summed E-state index contributed by atoms with van der Waals surface area (Å²) in [4.78, 5) is 26.9. The van der Waals surface area contributed by atoms with Gasteiger partial charge in [-0.25, -0.2) is 0 Å². The Morgan fingerprint density at radius 1 is 1.39 bits per heavy atom. The number of amides is 2. The van der Waals surface area contributed by atoms with E-state index < -0.39 is 0 Å². The van der Waals surface area contributed by atoms with E-state index >= 15 is 0 Å². The lowest BCUT2D eigenvalue weighted by atomic mass is 10.1. The molecule has 2 aromatic rings. The number of hydrogen-bond donors (Lipinski definition) is 2. The molecule has 1 atom stereocenters. The highest BCUT2D eigenvalue weighted by atomic mass is 16.1. The zero-order chi connectivity index (χ0) is 16.2. The Labute approximate surface area is 135 Å². The van der Waals surface area contributed by atoms with E-state index in [2.05, 4.69) is 27.8 Å². The fourth-order valence-electron chi connectivity index (χ4n) is 2.67. The van der Waals surface area contributed by atoms with Crippen molar-refractivity contribution in [2.75, 3.05) is 6.54 Å². The lowest BCUT2D eigenvalue weighted by molar-refractivity contribution is -0.109. The van der Waals surface area contributed by atoms with E-state index in [9.17, 15) is 9.59 Å². The zero-order valence-electron chi connectivity index (χ0n) is 13.2. The van der Waals surface area contributed by atoms with Crippen LogP contribution in [0.5, 0.6) is 0 Å². The Kier molecular flexibility index (Phi) is 4.55. The number of rotatable bonds is 7. The summed E-state index contributed by atoms with van der Waals surface area (Å²) in [6, 6.07) is 8.18. The number of pyridine rings is 1. The van der Waals surface area contributed by atoms with Crippen molar-refractivity contribution in [2.45, 2.75) is 38.1 Å². The fourth-order valence-corrected chi connectivity index (χ4v) is 2.67. The molecule has 1 aliphatic carbocycles. The van der Waals surface area contributed by atoms with E-state index in [0.29, 0.717) is 30.9 Å². The molecule has 1 aromatic heterocycles. The van der Waals surface area contributed by atoms with Gasteiger partial charge in [0, 0.05) is 24.2 Å². The van der Waals surface area contributed by atoms with E-state index in [0.717, 1.165) is 10.9 Å². The summed E-state index contributed by atoms with van der Waals surface area (Å²) in [6.07, 6.45) is 5.52. The Morgan fingerprint density at radius 3 is 2.96 bits per heavy atom.